The second kappa shape index (κ2) is 10.9. The number of rotatable bonds is 9. The van der Waals surface area contributed by atoms with E-state index in [0.717, 1.165) is 17.7 Å². The smallest absolute Gasteiger partial charge is 0.380 e. The molecule has 0 bridgehead atoms. The summed E-state index contributed by atoms with van der Waals surface area (Å²) in [5.74, 6) is -0.736. The molecule has 1 amide bonds. The zero-order valence-corrected chi connectivity index (χ0v) is 20.3. The molecule has 37 heavy (non-hydrogen) atoms. The first-order valence-corrected chi connectivity index (χ1v) is 11.9. The molecule has 2 N–H and O–H groups in total. The van der Waals surface area contributed by atoms with Crippen LogP contribution in [0, 0.1) is 5.82 Å². The van der Waals surface area contributed by atoms with Crippen molar-refractivity contribution in [1.29, 1.82) is 0 Å². The topological polar surface area (TPSA) is 61.8 Å². The van der Waals surface area contributed by atoms with Crippen molar-refractivity contribution in [2.45, 2.75) is 30.7 Å². The van der Waals surface area contributed by atoms with Gasteiger partial charge in [0, 0.05) is 19.3 Å². The Morgan fingerprint density at radius 1 is 1.08 bits per heavy atom. The lowest BCUT2D eigenvalue weighted by molar-refractivity contribution is -0.184. The summed E-state index contributed by atoms with van der Waals surface area (Å²) >= 11 is 0. The van der Waals surface area contributed by atoms with Crippen LogP contribution in [0.3, 0.4) is 0 Å². The fourth-order valence-electron chi connectivity index (χ4n) is 4.41. The summed E-state index contributed by atoms with van der Waals surface area (Å²) in [6.45, 7) is 0.706. The van der Waals surface area contributed by atoms with Gasteiger partial charge >= 0.3 is 6.18 Å². The molecule has 196 valence electrons. The third-order valence-electron chi connectivity index (χ3n) is 6.53. The summed E-state index contributed by atoms with van der Waals surface area (Å²) < 4.78 is 57.5. The van der Waals surface area contributed by atoms with Crippen LogP contribution in [0.5, 0.6) is 0 Å². The predicted molar refractivity (Wildman–Crippen MR) is 131 cm³/mol. The normalized spacial score (nSPS) is 15.5. The first kappa shape index (κ1) is 26.6. The number of alkyl halides is 3. The van der Waals surface area contributed by atoms with Gasteiger partial charge in [-0.3, -0.25) is 4.79 Å². The summed E-state index contributed by atoms with van der Waals surface area (Å²) in [5, 5.41) is 13.5. The largest absolute Gasteiger partial charge is 0.416 e. The van der Waals surface area contributed by atoms with Crippen molar-refractivity contribution in [3.05, 3.63) is 101 Å². The highest BCUT2D eigenvalue weighted by atomic mass is 19.4. The third kappa shape index (κ3) is 6.11. The van der Waals surface area contributed by atoms with Crippen molar-refractivity contribution in [3.63, 3.8) is 0 Å². The van der Waals surface area contributed by atoms with Gasteiger partial charge in [-0.2, -0.15) is 13.2 Å². The Kier molecular flexibility index (Phi) is 7.85. The Labute approximate surface area is 212 Å². The van der Waals surface area contributed by atoms with Gasteiger partial charge in [-0.15, -0.1) is 0 Å². The molecule has 0 aliphatic carbocycles. The molecule has 0 saturated carbocycles. The molecule has 0 spiro atoms. The zero-order valence-electron chi connectivity index (χ0n) is 20.3. The molecule has 3 aromatic carbocycles. The first-order valence-electron chi connectivity index (χ1n) is 11.9. The predicted octanol–water partition coefficient (Wildman–Crippen LogP) is 4.99. The molecule has 3 aromatic rings. The van der Waals surface area contributed by atoms with Gasteiger partial charge in [-0.05, 0) is 65.9 Å². The van der Waals surface area contributed by atoms with Crippen LogP contribution in [0.15, 0.2) is 72.8 Å². The molecule has 1 unspecified atom stereocenters. The minimum Gasteiger partial charge on any atom is -0.380 e. The van der Waals surface area contributed by atoms with Crippen LogP contribution in [-0.4, -0.2) is 37.8 Å². The van der Waals surface area contributed by atoms with E-state index in [9.17, 15) is 27.5 Å². The van der Waals surface area contributed by atoms with E-state index in [1.807, 2.05) is 11.0 Å². The molecule has 0 radical (unpaired) electrons. The van der Waals surface area contributed by atoms with E-state index in [2.05, 4.69) is 5.32 Å². The molecule has 4 rings (SSSR count). The minimum absolute atomic E-state index is 0.168. The Balaban J connectivity index is 1.63. The van der Waals surface area contributed by atoms with Gasteiger partial charge in [0.15, 0.2) is 0 Å². The van der Waals surface area contributed by atoms with Crippen molar-refractivity contribution in [2.75, 3.05) is 31.7 Å². The number of amides is 1. The lowest BCUT2D eigenvalue weighted by atomic mass is 9.91. The zero-order chi connectivity index (χ0) is 26.6. The summed E-state index contributed by atoms with van der Waals surface area (Å²) in [7, 11) is 1.52. The Bertz CT molecular complexity index is 1210. The molecule has 1 fully saturated rings. The highest BCUT2D eigenvalue weighted by molar-refractivity contribution is 5.86. The lowest BCUT2D eigenvalue weighted by Gasteiger charge is -2.38. The fourth-order valence-corrected chi connectivity index (χ4v) is 4.41. The highest BCUT2D eigenvalue weighted by Crippen LogP contribution is 2.35. The van der Waals surface area contributed by atoms with Crippen LogP contribution in [0.2, 0.25) is 0 Å². The number of aryl methyl sites for hydroxylation is 1. The van der Waals surface area contributed by atoms with Gasteiger partial charge in [-0.1, -0.05) is 36.4 Å². The minimum atomic E-state index is -4.40. The van der Waals surface area contributed by atoms with Gasteiger partial charge in [0.2, 0.25) is 5.91 Å². The number of likely N-dealkylation sites (N-methyl/N-ethyl adjacent to an activating group) is 1. The number of hydrogen-bond donors (Lipinski definition) is 2. The molecule has 1 aliphatic heterocycles. The number of ether oxygens (including phenoxy) is 1. The maximum atomic E-state index is 13.7. The van der Waals surface area contributed by atoms with E-state index in [1.165, 1.54) is 31.3 Å². The summed E-state index contributed by atoms with van der Waals surface area (Å²) in [6, 6.07) is 17.1. The van der Waals surface area contributed by atoms with E-state index in [1.54, 1.807) is 30.3 Å². The number of benzene rings is 3. The number of anilines is 1. The molecule has 1 aliphatic rings. The maximum absolute atomic E-state index is 13.7. The summed E-state index contributed by atoms with van der Waals surface area (Å²) in [5.41, 5.74) is 0.818. The molecular formula is C28H28F4N2O3. The van der Waals surface area contributed by atoms with Crippen molar-refractivity contribution < 1.29 is 32.2 Å². The fraction of sp³-hybridized carbons (Fsp3) is 0.321. The number of carbonyl (C=O) groups is 1. The Morgan fingerprint density at radius 3 is 2.32 bits per heavy atom. The summed E-state index contributed by atoms with van der Waals surface area (Å²) in [4.78, 5) is 15.0. The molecule has 1 saturated heterocycles. The van der Waals surface area contributed by atoms with Crippen molar-refractivity contribution in [1.82, 2.24) is 5.32 Å². The number of nitrogens with one attached hydrogen (secondary N) is 1. The highest BCUT2D eigenvalue weighted by Gasteiger charge is 2.38. The maximum Gasteiger partial charge on any atom is 0.416 e. The van der Waals surface area contributed by atoms with E-state index in [4.69, 9.17) is 4.74 Å². The number of nitrogens with zero attached hydrogens (tertiary/aromatic N) is 1. The van der Waals surface area contributed by atoms with Crippen molar-refractivity contribution in [2.24, 2.45) is 0 Å². The van der Waals surface area contributed by atoms with Crippen LogP contribution >= 0.6 is 0 Å². The number of hydrogen-bond acceptors (Lipinski definition) is 4. The SMILES string of the molecule is CNC(=O)C(c1ccc(F)cc1)N(CCCc1ccc(C(F)(F)F)cc1)c1cccc(C2(O)COC2)c1. The van der Waals surface area contributed by atoms with E-state index in [-0.39, 0.29) is 19.1 Å². The average molecular weight is 517 g/mol. The van der Waals surface area contributed by atoms with Crippen LogP contribution in [0.1, 0.15) is 34.7 Å². The van der Waals surface area contributed by atoms with Crippen molar-refractivity contribution in [3.8, 4) is 0 Å². The molecule has 9 heteroatoms. The van der Waals surface area contributed by atoms with E-state index >= 15 is 0 Å². The number of carbonyl (C=O) groups excluding carboxylic acids is 1. The monoisotopic (exact) mass is 516 g/mol. The number of halogens is 4. The van der Waals surface area contributed by atoms with Crippen LogP contribution in [-0.2, 0) is 27.7 Å². The number of aliphatic hydroxyl groups is 1. The molecule has 1 heterocycles. The van der Waals surface area contributed by atoms with Gasteiger partial charge in [0.25, 0.3) is 0 Å². The molecule has 1 atom stereocenters. The quantitative estimate of drug-likeness (QED) is 0.394. The molecule has 0 aromatic heterocycles. The molecule has 5 nitrogen and oxygen atoms in total. The average Bonchev–Trinajstić information content (AvgIpc) is 2.87. The van der Waals surface area contributed by atoms with Gasteiger partial charge in [-0.25, -0.2) is 4.39 Å². The third-order valence-corrected chi connectivity index (χ3v) is 6.53. The Hall–Kier alpha value is -3.43. The first-order chi connectivity index (χ1) is 17.6. The second-order valence-electron chi connectivity index (χ2n) is 9.13. The molecular weight excluding hydrogens is 488 g/mol. The van der Waals surface area contributed by atoms with Gasteiger partial charge in [0.1, 0.15) is 17.5 Å². The van der Waals surface area contributed by atoms with E-state index < -0.39 is 29.2 Å². The standard InChI is InChI=1S/C28H28F4N2O3/c1-33-26(35)25(20-9-13-23(29)14-10-20)34(24-6-2-5-22(16-24)27(36)17-37-18-27)15-3-4-19-7-11-21(12-8-19)28(30,31)32/h2,5-14,16,25,36H,3-4,15,17-18H2,1H3,(H,33,35). The van der Waals surface area contributed by atoms with E-state index in [0.29, 0.717) is 36.2 Å². The lowest BCUT2D eigenvalue weighted by Crippen LogP contribution is -2.46. The Morgan fingerprint density at radius 2 is 1.76 bits per heavy atom. The van der Waals surface area contributed by atoms with Gasteiger partial charge in [0.05, 0.1) is 18.8 Å². The van der Waals surface area contributed by atoms with Gasteiger partial charge < -0.3 is 20.1 Å². The second-order valence-corrected chi connectivity index (χ2v) is 9.13. The van der Waals surface area contributed by atoms with Crippen molar-refractivity contribution >= 4 is 11.6 Å². The van der Waals surface area contributed by atoms with Crippen LogP contribution in [0.25, 0.3) is 0 Å². The van der Waals surface area contributed by atoms with Crippen LogP contribution in [0.4, 0.5) is 23.2 Å². The summed E-state index contributed by atoms with van der Waals surface area (Å²) in [6.07, 6.45) is -3.39. The van der Waals surface area contributed by atoms with Crippen LogP contribution < -0.4 is 10.2 Å².